The number of nitrogen functional groups attached to an aromatic ring is 3. The molecule has 1 aliphatic rings. The minimum absolute atomic E-state index is 0.0418. The van der Waals surface area contributed by atoms with Gasteiger partial charge in [0.05, 0.1) is 28.8 Å². The quantitative estimate of drug-likeness (QED) is 0.00953. The summed E-state index contributed by atoms with van der Waals surface area (Å²) in [6.07, 6.45) is 7.10. The van der Waals surface area contributed by atoms with Crippen molar-refractivity contribution in [2.45, 2.75) is 91.4 Å². The van der Waals surface area contributed by atoms with Crippen molar-refractivity contribution < 1.29 is 37.7 Å². The second-order valence-corrected chi connectivity index (χ2v) is 26.9. The first kappa shape index (κ1) is 78.4. The van der Waals surface area contributed by atoms with E-state index >= 15 is 0 Å². The molecule has 1 saturated heterocycles. The molecule has 6 aromatic heterocycles. The molecule has 36 heteroatoms. The molecule has 28 nitrogen and oxygen atoms in total. The maximum absolute atomic E-state index is 14.0. The summed E-state index contributed by atoms with van der Waals surface area (Å²) in [7, 11) is 9.87. The first-order valence-electron chi connectivity index (χ1n) is 30.0. The number of nitro groups is 2. The number of nitrogens with two attached hydrogens (primary N) is 3. The van der Waals surface area contributed by atoms with Gasteiger partial charge in [-0.3, -0.25) is 29.8 Å². The maximum atomic E-state index is 14.0. The zero-order chi connectivity index (χ0) is 72.5. The first-order chi connectivity index (χ1) is 47.2. The monoisotopic (exact) mass is 1550 g/mol. The number of non-ortho nitro benzene ring substituents is 2. The number of halogens is 7. The topological polar surface area (TPSA) is 398 Å². The molecule has 7 heterocycles. The molecule has 0 aliphatic carbocycles. The third-order valence-corrected chi connectivity index (χ3v) is 14.3. The van der Waals surface area contributed by atoms with Crippen LogP contribution in [0, 0.1) is 38.5 Å². The summed E-state index contributed by atoms with van der Waals surface area (Å²) in [5.41, 5.74) is 23.3. The van der Waals surface area contributed by atoms with Crippen LogP contribution in [0.15, 0.2) is 140 Å². The van der Waals surface area contributed by atoms with Gasteiger partial charge in [0.25, 0.3) is 22.5 Å². The Morgan fingerprint density at radius 1 is 0.606 bits per heavy atom. The van der Waals surface area contributed by atoms with Crippen LogP contribution in [0.25, 0.3) is 33.5 Å². The normalized spacial score (nSPS) is 12.2. The molecule has 1 fully saturated rings. The van der Waals surface area contributed by atoms with E-state index in [1.54, 1.807) is 93.3 Å². The summed E-state index contributed by atoms with van der Waals surface area (Å²) in [4.78, 5) is 77.8. The molecule has 1 unspecified atom stereocenters. The standard InChI is InChI=1S/C21H18FN7O3.C14H15FN6.C8H8ClFN4.C7H4ClNO3.C7H15NO.C6H8N2.2ClH.Sn/c1-12(2)28-11-23-17-18(26-21(22)27-19(17)28)24-14-4-3-5-15(10-14)25-20(30)13-6-8-16(9-7-13)29(31)32;1-8(2)21-7-17-11-12(19-14(15)20-13(11)21)18-10-5-3-4-9(16)6-10;1-4(2)14-3-11-5-6(9)12-8(10)13-7(5)14;8-7(10)5-1-3-6(4-2-5)9(11)12;9-6-4-7-3-1-2-5-8-7;7-5-2-1-3-6(8)4-5;;;/h3-12H,1-2H3,(H,25,30)(H,24,26,27);3-8H,16H2,1-2H3,(H,18,19,20);3-4H,1-2H3;1-4H;7-9H,1-6H2;1-4H,7-8H2;2*1H;/q;;;;;;;;+2/p-2. The predicted octanol–water partition coefficient (Wildman–Crippen LogP) is 13.9. The number of fused-ring (bicyclic) bond motifs is 3. The first-order valence-corrected chi connectivity index (χ1v) is 38.0. The predicted molar refractivity (Wildman–Crippen MR) is 380 cm³/mol. The van der Waals surface area contributed by atoms with Gasteiger partial charge in [-0.1, -0.05) is 36.2 Å². The number of carbonyl (C=O) groups is 2. The van der Waals surface area contributed by atoms with Gasteiger partial charge in [-0.15, -0.1) is 0 Å². The molecule has 520 valence electrons. The molecule has 12 rings (SSSR count). The second kappa shape index (κ2) is 38.5. The SMILES string of the molecule is CC(C)n1cnc2c(Cl)nc(F)nc21.CC(C)n1cnc2c(Nc3cccc(N)c3)nc(F)nc21.CC(C)n1cnc2c(Nc3cccc(NC(=O)c4ccc([N+](=O)[O-])cc4)c3)nc(F)nc21.Nc1cccc(N)c1.O=C(Cl)c1ccc([N+](=O)[O-])cc1.OCCC1CCCCN1.[Cl][Sn][Cl]. The number of nitrogens with one attached hydrogen (secondary N) is 4. The summed E-state index contributed by atoms with van der Waals surface area (Å²) < 4.78 is 45.9. The number of benzene rings is 5. The number of nitrogens with zero attached hydrogens (tertiary/aromatic N) is 14. The van der Waals surface area contributed by atoms with Crippen molar-refractivity contribution in [3.63, 3.8) is 0 Å². The van der Waals surface area contributed by atoms with Crippen molar-refractivity contribution in [3.8, 4) is 0 Å². The number of carbonyl (C=O) groups excluding carboxylic acids is 2. The van der Waals surface area contributed by atoms with Crippen molar-refractivity contribution in [2.24, 2.45) is 0 Å². The summed E-state index contributed by atoms with van der Waals surface area (Å²) in [5, 5.41) is 41.1. The van der Waals surface area contributed by atoms with E-state index in [2.05, 4.69) is 66.1 Å². The van der Waals surface area contributed by atoms with Crippen molar-refractivity contribution in [1.29, 1.82) is 0 Å². The molecule has 1 aliphatic heterocycles. The van der Waals surface area contributed by atoms with Gasteiger partial charge in [0.1, 0.15) is 5.52 Å². The average Bonchev–Trinajstić information content (AvgIpc) is 1.70. The summed E-state index contributed by atoms with van der Waals surface area (Å²) in [6, 6.07) is 32.3. The van der Waals surface area contributed by atoms with Gasteiger partial charge < -0.3 is 57.3 Å². The number of piperidine rings is 1. The van der Waals surface area contributed by atoms with Gasteiger partial charge in [0, 0.05) is 100 Å². The van der Waals surface area contributed by atoms with Crippen LogP contribution in [0.1, 0.15) is 106 Å². The van der Waals surface area contributed by atoms with Crippen LogP contribution in [-0.2, 0) is 0 Å². The van der Waals surface area contributed by atoms with E-state index in [4.69, 9.17) is 63.4 Å². The zero-order valence-corrected chi connectivity index (χ0v) is 59.7. The summed E-state index contributed by atoms with van der Waals surface area (Å²) in [5.74, 6) is 0.0939. The number of aromatic nitrogens is 12. The zero-order valence-electron chi connectivity index (χ0n) is 53.9. The summed E-state index contributed by atoms with van der Waals surface area (Å²) >= 11 is 10.0. The van der Waals surface area contributed by atoms with E-state index in [-0.39, 0.29) is 51.6 Å². The fourth-order valence-electron chi connectivity index (χ4n) is 9.05. The fourth-order valence-corrected chi connectivity index (χ4v) is 9.38. The Hall–Kier alpha value is -9.64. The van der Waals surface area contributed by atoms with Gasteiger partial charge >= 0.3 is 55.0 Å². The van der Waals surface area contributed by atoms with E-state index in [1.165, 1.54) is 67.8 Å². The molecule has 11 aromatic rings. The molecule has 0 bridgehead atoms. The molecule has 0 saturated carbocycles. The van der Waals surface area contributed by atoms with E-state index in [0.29, 0.717) is 86.1 Å². The Bertz CT molecular complexity index is 4440. The molecular formula is C63H68Cl4F3N21O7Sn. The third-order valence-electron chi connectivity index (χ3n) is 13.8. The van der Waals surface area contributed by atoms with Crippen molar-refractivity contribution in [1.82, 2.24) is 63.9 Å². The number of hydrogen-bond donors (Lipinski definition) is 8. The number of rotatable bonds is 14. The Kier molecular flexibility index (Phi) is 30.5. The molecule has 0 spiro atoms. The molecule has 2 radical (unpaired) electrons. The second-order valence-electron chi connectivity index (χ2n) is 21.9. The van der Waals surface area contributed by atoms with E-state index < -0.39 is 58.1 Å². The van der Waals surface area contributed by atoms with Crippen LogP contribution >= 0.6 is 41.0 Å². The number of aliphatic hydroxyl groups excluding tert-OH is 1. The Morgan fingerprint density at radius 3 is 1.41 bits per heavy atom. The Labute approximate surface area is 592 Å². The van der Waals surface area contributed by atoms with Gasteiger partial charge in [0.2, 0.25) is 0 Å². The molecule has 1 amide bonds. The molecule has 99 heavy (non-hydrogen) atoms. The fraction of sp³-hybridized carbons (Fsp3) is 0.254. The van der Waals surface area contributed by atoms with Crippen LogP contribution in [0.5, 0.6) is 0 Å². The van der Waals surface area contributed by atoms with Crippen molar-refractivity contribution in [2.75, 3.05) is 46.3 Å². The van der Waals surface area contributed by atoms with Crippen LogP contribution in [-0.4, -0.2) is 123 Å². The average molecular weight is 1550 g/mol. The van der Waals surface area contributed by atoms with E-state index in [0.717, 1.165) is 13.0 Å². The molecule has 1 atom stereocenters. The van der Waals surface area contributed by atoms with Crippen molar-refractivity contribution >= 4 is 162 Å². The van der Waals surface area contributed by atoms with Gasteiger partial charge in [0.15, 0.2) is 44.8 Å². The molecular weight excluding hydrogens is 1480 g/mol. The summed E-state index contributed by atoms with van der Waals surface area (Å²) in [6.45, 7) is 13.2. The van der Waals surface area contributed by atoms with Crippen LogP contribution in [0.3, 0.4) is 0 Å². The third kappa shape index (κ3) is 23.8. The van der Waals surface area contributed by atoms with Crippen LogP contribution < -0.4 is 38.5 Å². The van der Waals surface area contributed by atoms with Gasteiger partial charge in [-0.25, -0.2) is 15.0 Å². The number of aliphatic hydroxyl groups is 1. The van der Waals surface area contributed by atoms with Crippen LogP contribution in [0.2, 0.25) is 5.15 Å². The van der Waals surface area contributed by atoms with Gasteiger partial charge in [-0.2, -0.15) is 43.1 Å². The van der Waals surface area contributed by atoms with E-state index in [1.807, 2.05) is 53.7 Å². The Balaban J connectivity index is 0.000000199. The van der Waals surface area contributed by atoms with Crippen molar-refractivity contribution in [3.05, 3.63) is 195 Å². The number of hydrogen-bond acceptors (Lipinski definition) is 22. The van der Waals surface area contributed by atoms with Gasteiger partial charge in [-0.05, 0) is 158 Å². The minimum atomic E-state index is -0.884. The number of amides is 1. The number of anilines is 8. The molecule has 5 aromatic carbocycles. The molecule has 11 N–H and O–H groups in total. The van der Waals surface area contributed by atoms with E-state index in [9.17, 15) is 43.0 Å². The van der Waals surface area contributed by atoms with Crippen LogP contribution in [0.4, 0.5) is 70.3 Å². The number of imidazole rings is 3. The Morgan fingerprint density at radius 2 is 1.01 bits per heavy atom. The number of nitro benzene ring substituents is 2.